The first kappa shape index (κ1) is 41.9. The summed E-state index contributed by atoms with van der Waals surface area (Å²) in [5, 5.41) is 2.12. The van der Waals surface area contributed by atoms with E-state index in [2.05, 4.69) is 0 Å². The third-order valence-corrected chi connectivity index (χ3v) is 12.3. The molecule has 0 aliphatic rings. The van der Waals surface area contributed by atoms with Gasteiger partial charge in [0, 0.05) is 31.3 Å². The minimum atomic E-state index is -4.58. The van der Waals surface area contributed by atoms with E-state index in [4.69, 9.17) is 14.2 Å². The van der Waals surface area contributed by atoms with E-state index in [0.717, 1.165) is 45.6 Å². The molecule has 3 nitrogen and oxygen atoms in total. The number of thiophene rings is 2. The van der Waals surface area contributed by atoms with Gasteiger partial charge in [-0.15, -0.1) is 22.7 Å². The van der Waals surface area contributed by atoms with Gasteiger partial charge in [0.15, 0.2) is 0 Å². The molecule has 0 radical (unpaired) electrons. The predicted octanol–water partition coefficient (Wildman–Crippen LogP) is 14.2. The van der Waals surface area contributed by atoms with Crippen LogP contribution in [0.2, 0.25) is 0 Å². The molecule has 2 aromatic heterocycles. The maximum absolute atomic E-state index is 13.9. The maximum Gasteiger partial charge on any atom is 0.417 e. The van der Waals surface area contributed by atoms with Crippen molar-refractivity contribution in [3.05, 3.63) is 164 Å². The van der Waals surface area contributed by atoms with E-state index in [9.17, 15) is 35.1 Å². The van der Waals surface area contributed by atoms with E-state index in [-0.39, 0.29) is 12.8 Å². The van der Waals surface area contributed by atoms with Crippen molar-refractivity contribution in [2.45, 2.75) is 75.9 Å². The molecule has 2 atom stereocenters. The summed E-state index contributed by atoms with van der Waals surface area (Å²) >= 11 is 1.91. The van der Waals surface area contributed by atoms with Gasteiger partial charge >= 0.3 is 12.4 Å². The third kappa shape index (κ3) is 10.4. The summed E-state index contributed by atoms with van der Waals surface area (Å²) in [4.78, 5) is 0.806. The first-order valence-corrected chi connectivity index (χ1v) is 19.6. The molecule has 6 rings (SSSR count). The molecule has 13 heteroatoms. The second kappa shape index (κ2) is 16.6. The Hall–Kier alpha value is -4.72. The number of ether oxygens (including phenoxy) is 3. The first-order valence-electron chi connectivity index (χ1n) is 17.8. The summed E-state index contributed by atoms with van der Waals surface area (Å²) in [5.74, 6) is 0.784. The molecule has 0 fully saturated rings. The quantitative estimate of drug-likeness (QED) is 0.102. The van der Waals surface area contributed by atoms with E-state index < -0.39 is 58.2 Å². The van der Waals surface area contributed by atoms with Crippen LogP contribution in [0.25, 0.3) is 0 Å². The Bertz CT molecular complexity index is 2100. The Morgan fingerprint density at radius 3 is 1.19 bits per heavy atom. The van der Waals surface area contributed by atoms with Crippen LogP contribution in [-0.4, -0.2) is 12.2 Å². The molecule has 0 saturated carbocycles. The van der Waals surface area contributed by atoms with Gasteiger partial charge in [-0.3, -0.25) is 0 Å². The maximum atomic E-state index is 13.9. The fourth-order valence-corrected chi connectivity index (χ4v) is 8.46. The van der Waals surface area contributed by atoms with Crippen LogP contribution < -0.4 is 9.47 Å². The summed E-state index contributed by atoms with van der Waals surface area (Å²) in [7, 11) is 0. The fraction of sp³-hybridized carbons (Fsp3) is 0.273. The Morgan fingerprint density at radius 1 is 0.491 bits per heavy atom. The van der Waals surface area contributed by atoms with Crippen molar-refractivity contribution in [2.24, 2.45) is 0 Å². The minimum Gasteiger partial charge on any atom is -0.457 e. The van der Waals surface area contributed by atoms with Gasteiger partial charge in [0.25, 0.3) is 0 Å². The van der Waals surface area contributed by atoms with E-state index >= 15 is 0 Å². The minimum absolute atomic E-state index is 0.172. The molecule has 2 heterocycles. The topological polar surface area (TPSA) is 27.7 Å². The second-order valence-electron chi connectivity index (χ2n) is 14.8. The normalized spacial score (nSPS) is 13.7. The van der Waals surface area contributed by atoms with Gasteiger partial charge in [0.2, 0.25) is 0 Å². The van der Waals surface area contributed by atoms with Crippen molar-refractivity contribution >= 4 is 22.7 Å². The number of benzene rings is 4. The first-order chi connectivity index (χ1) is 26.8. The highest BCUT2D eigenvalue weighted by Gasteiger charge is 2.43. The van der Waals surface area contributed by atoms with Crippen LogP contribution in [-0.2, 0) is 40.8 Å². The largest absolute Gasteiger partial charge is 0.457 e. The van der Waals surface area contributed by atoms with Crippen LogP contribution >= 0.6 is 22.7 Å². The third-order valence-electron chi connectivity index (χ3n) is 9.80. The molecule has 0 N–H and O–H groups in total. The summed E-state index contributed by atoms with van der Waals surface area (Å²) < 4.78 is 130. The van der Waals surface area contributed by atoms with Gasteiger partial charge in [0.1, 0.15) is 34.6 Å². The fourth-order valence-electron chi connectivity index (χ4n) is 6.29. The average Bonchev–Trinajstić information content (AvgIpc) is 3.86. The standard InChI is InChI=1S/C44H38F8O3S2/c1-41(2,39-23-29(25-56-39)43(47,48)49)37(21-27-7-5-9-35(19-27)53-33-15-11-31(45)12-16-33)55-38(42(3,4)40-24-30(26-57-40)44(50,51)52)22-28-8-6-10-36(20-28)54-34-17-13-32(46)14-18-34/h5-20,23-26,37-38H,21-22H2,1-4H3. The number of rotatable bonds is 14. The van der Waals surface area contributed by atoms with Crippen LogP contribution in [0.1, 0.15) is 59.7 Å². The average molecular weight is 831 g/mol. The Kier molecular flexibility index (Phi) is 12.2. The van der Waals surface area contributed by atoms with Crippen molar-refractivity contribution < 1.29 is 49.3 Å². The van der Waals surface area contributed by atoms with Crippen LogP contribution in [0.4, 0.5) is 35.1 Å². The number of halogens is 8. The number of hydrogen-bond donors (Lipinski definition) is 0. The molecule has 0 aliphatic carbocycles. The van der Waals surface area contributed by atoms with Gasteiger partial charge in [-0.1, -0.05) is 52.0 Å². The van der Waals surface area contributed by atoms with E-state index in [1.807, 2.05) is 12.1 Å². The molecule has 0 spiro atoms. The molecule has 2 unspecified atom stereocenters. The molecular weight excluding hydrogens is 793 g/mol. The predicted molar refractivity (Wildman–Crippen MR) is 207 cm³/mol. The highest BCUT2D eigenvalue weighted by Crippen LogP contribution is 2.44. The molecule has 57 heavy (non-hydrogen) atoms. The summed E-state index contributed by atoms with van der Waals surface area (Å²) in [6.07, 6.45) is -10.5. The Morgan fingerprint density at radius 2 is 0.860 bits per heavy atom. The van der Waals surface area contributed by atoms with Gasteiger partial charge in [0.05, 0.1) is 23.3 Å². The molecule has 4 aromatic carbocycles. The van der Waals surface area contributed by atoms with Crippen molar-refractivity contribution in [1.82, 2.24) is 0 Å². The lowest BCUT2D eigenvalue weighted by Gasteiger charge is -2.42. The number of hydrogen-bond acceptors (Lipinski definition) is 5. The van der Waals surface area contributed by atoms with Crippen LogP contribution in [0.5, 0.6) is 23.0 Å². The molecule has 0 aliphatic heterocycles. The SMILES string of the molecule is CC(C)(c1cc(C(F)(F)F)cs1)C(Cc1cccc(Oc2ccc(F)cc2)c1)OC(Cc1cccc(Oc2ccc(F)cc2)c1)C(C)(C)c1cc(C(F)(F)F)cs1. The van der Waals surface area contributed by atoms with Gasteiger partial charge in [-0.25, -0.2) is 8.78 Å². The van der Waals surface area contributed by atoms with Gasteiger partial charge in [-0.05, 0) is 109 Å². The monoisotopic (exact) mass is 830 g/mol. The molecule has 0 saturated heterocycles. The van der Waals surface area contributed by atoms with Gasteiger partial charge < -0.3 is 14.2 Å². The Labute approximate surface area is 333 Å². The van der Waals surface area contributed by atoms with Crippen molar-refractivity contribution in [2.75, 3.05) is 0 Å². The van der Waals surface area contributed by atoms with E-state index in [0.29, 0.717) is 43.9 Å². The second-order valence-corrected chi connectivity index (χ2v) is 16.6. The van der Waals surface area contributed by atoms with Crippen molar-refractivity contribution in [3.63, 3.8) is 0 Å². The van der Waals surface area contributed by atoms with Crippen molar-refractivity contribution in [3.8, 4) is 23.0 Å². The van der Waals surface area contributed by atoms with Crippen LogP contribution in [0.15, 0.2) is 120 Å². The van der Waals surface area contributed by atoms with Gasteiger partial charge in [-0.2, -0.15) is 26.3 Å². The lowest BCUT2D eigenvalue weighted by Crippen LogP contribution is -2.46. The lowest BCUT2D eigenvalue weighted by atomic mass is 9.78. The van der Waals surface area contributed by atoms with Crippen LogP contribution in [0.3, 0.4) is 0 Å². The highest BCUT2D eigenvalue weighted by atomic mass is 32.1. The molecular formula is C44H38F8O3S2. The molecule has 6 aromatic rings. The van der Waals surface area contributed by atoms with Crippen molar-refractivity contribution in [1.29, 1.82) is 0 Å². The molecule has 0 bridgehead atoms. The zero-order chi connectivity index (χ0) is 41.2. The lowest BCUT2D eigenvalue weighted by molar-refractivity contribution is -0.138. The van der Waals surface area contributed by atoms with E-state index in [1.54, 1.807) is 64.1 Å². The summed E-state index contributed by atoms with van der Waals surface area (Å²) in [5.41, 5.74) is -2.29. The highest BCUT2D eigenvalue weighted by molar-refractivity contribution is 7.10. The zero-order valence-corrected chi connectivity index (χ0v) is 32.8. The Balaban J connectivity index is 1.40. The molecule has 0 amide bonds. The summed E-state index contributed by atoms with van der Waals surface area (Å²) in [6.45, 7) is 7.15. The number of alkyl halides is 6. The smallest absolute Gasteiger partial charge is 0.417 e. The van der Waals surface area contributed by atoms with E-state index in [1.165, 1.54) is 48.5 Å². The summed E-state index contributed by atoms with van der Waals surface area (Å²) in [6, 6.07) is 27.3. The van der Waals surface area contributed by atoms with Crippen LogP contribution in [0, 0.1) is 11.6 Å². The molecule has 300 valence electrons. The zero-order valence-electron chi connectivity index (χ0n) is 31.2.